The lowest BCUT2D eigenvalue weighted by Crippen LogP contribution is -2.35. The summed E-state index contributed by atoms with van der Waals surface area (Å²) < 4.78 is 15.5. The van der Waals surface area contributed by atoms with Gasteiger partial charge < -0.3 is 4.57 Å². The van der Waals surface area contributed by atoms with E-state index in [1.807, 2.05) is 26.8 Å². The molecule has 1 aromatic heterocycles. The number of benzene rings is 2. The molecule has 3 heterocycles. The number of amidine groups is 2. The number of halogens is 1. The number of hydrogen-bond donors (Lipinski definition) is 1. The van der Waals surface area contributed by atoms with Gasteiger partial charge in [-0.1, -0.05) is 30.7 Å². The molecule has 5 rings (SSSR count). The van der Waals surface area contributed by atoms with E-state index in [2.05, 4.69) is 26.8 Å². The minimum Gasteiger partial charge on any atom is -0.340 e. The van der Waals surface area contributed by atoms with Gasteiger partial charge in [0, 0.05) is 28.7 Å². The molecule has 0 saturated carbocycles. The Morgan fingerprint density at radius 2 is 1.91 bits per heavy atom. The van der Waals surface area contributed by atoms with Crippen LogP contribution in [0.5, 0.6) is 0 Å². The van der Waals surface area contributed by atoms with Crippen LogP contribution in [0.2, 0.25) is 0 Å². The zero-order valence-electron chi connectivity index (χ0n) is 18.5. The second-order valence-electron chi connectivity index (χ2n) is 8.10. The predicted molar refractivity (Wildman–Crippen MR) is 132 cm³/mol. The Bertz CT molecular complexity index is 1410. The van der Waals surface area contributed by atoms with Crippen molar-refractivity contribution in [3.63, 3.8) is 0 Å². The molecule has 2 aromatic carbocycles. The maximum Gasteiger partial charge on any atom is 0.283 e. The third-order valence-corrected chi connectivity index (χ3v) is 6.92. The molecule has 0 atom stereocenters. The van der Waals surface area contributed by atoms with Crippen molar-refractivity contribution < 1.29 is 9.18 Å². The van der Waals surface area contributed by atoms with Gasteiger partial charge in [0.1, 0.15) is 10.9 Å². The van der Waals surface area contributed by atoms with Gasteiger partial charge in [-0.05, 0) is 67.9 Å². The summed E-state index contributed by atoms with van der Waals surface area (Å²) in [5, 5.41) is 16.8. The third kappa shape index (κ3) is 3.70. The van der Waals surface area contributed by atoms with Crippen LogP contribution >= 0.6 is 11.8 Å². The van der Waals surface area contributed by atoms with Crippen molar-refractivity contribution in [3.8, 4) is 0 Å². The number of nitrogens with one attached hydrogen (secondary N) is 1. The highest BCUT2D eigenvalue weighted by Crippen LogP contribution is 2.33. The fraction of sp³-hybridized carbons (Fsp3) is 0.200. The quantitative estimate of drug-likeness (QED) is 0.526. The molecule has 1 N–H and O–H groups in total. The number of rotatable bonds is 4. The molecule has 0 spiro atoms. The van der Waals surface area contributed by atoms with Crippen LogP contribution in [-0.2, 0) is 11.3 Å². The fourth-order valence-corrected chi connectivity index (χ4v) is 4.92. The standard InChI is InChI=1S/C25H22FN5OS/c1-4-22-29-31-23(27)20(24(32)28-25(31)33-22)12-18-15(3)30(13-16-6-8-17(26)9-7-16)21-10-5-14(2)11-19(18)21/h5-12,27H,4,13H2,1-3H3/b20-12+,27-23?. The van der Waals surface area contributed by atoms with Gasteiger partial charge >= 0.3 is 0 Å². The molecule has 0 unspecified atom stereocenters. The topological polar surface area (TPSA) is 73.8 Å². The van der Waals surface area contributed by atoms with E-state index in [0.717, 1.165) is 44.8 Å². The van der Waals surface area contributed by atoms with E-state index in [-0.39, 0.29) is 17.2 Å². The molecule has 2 aliphatic rings. The van der Waals surface area contributed by atoms with Crippen molar-refractivity contribution in [1.82, 2.24) is 9.58 Å². The highest BCUT2D eigenvalue weighted by Gasteiger charge is 2.35. The number of fused-ring (bicyclic) bond motifs is 2. The number of hydrazone groups is 1. The number of thioether (sulfide) groups is 1. The lowest BCUT2D eigenvalue weighted by Gasteiger charge is -2.20. The zero-order chi connectivity index (χ0) is 23.3. The Labute approximate surface area is 195 Å². The van der Waals surface area contributed by atoms with Crippen LogP contribution in [0.1, 0.15) is 35.7 Å². The van der Waals surface area contributed by atoms with Crippen LogP contribution in [0.3, 0.4) is 0 Å². The molecule has 0 bridgehead atoms. The molecule has 1 amide bonds. The molecule has 8 heteroatoms. The third-order valence-electron chi connectivity index (χ3n) is 5.87. The summed E-state index contributed by atoms with van der Waals surface area (Å²) in [6.07, 6.45) is 2.48. The number of carbonyl (C=O) groups excluding carboxylic acids is 1. The van der Waals surface area contributed by atoms with E-state index in [4.69, 9.17) is 5.41 Å². The van der Waals surface area contributed by atoms with E-state index >= 15 is 0 Å². The van der Waals surface area contributed by atoms with Crippen LogP contribution in [0, 0.1) is 25.1 Å². The molecule has 0 saturated heterocycles. The van der Waals surface area contributed by atoms with Crippen LogP contribution in [-0.4, -0.2) is 31.5 Å². The number of nitrogens with zero attached hydrogens (tertiary/aromatic N) is 4. The average molecular weight is 460 g/mol. The van der Waals surface area contributed by atoms with Crippen molar-refractivity contribution in [2.24, 2.45) is 10.1 Å². The first-order chi connectivity index (χ1) is 15.9. The van der Waals surface area contributed by atoms with Gasteiger partial charge in [-0.25, -0.2) is 4.39 Å². The second kappa shape index (κ2) is 8.12. The van der Waals surface area contributed by atoms with Crippen molar-refractivity contribution >= 4 is 50.7 Å². The van der Waals surface area contributed by atoms with Gasteiger partial charge in [-0.3, -0.25) is 10.2 Å². The van der Waals surface area contributed by atoms with Crippen molar-refractivity contribution in [3.05, 3.63) is 76.2 Å². The normalized spacial score (nSPS) is 17.1. The predicted octanol–water partition coefficient (Wildman–Crippen LogP) is 5.47. The molecule has 33 heavy (non-hydrogen) atoms. The first kappa shape index (κ1) is 21.3. The van der Waals surface area contributed by atoms with Gasteiger partial charge in [-0.2, -0.15) is 15.1 Å². The number of hydrogen-bond acceptors (Lipinski definition) is 4. The minimum absolute atomic E-state index is 0.0347. The summed E-state index contributed by atoms with van der Waals surface area (Å²) in [5.41, 5.74) is 5.12. The minimum atomic E-state index is -0.433. The smallest absolute Gasteiger partial charge is 0.283 e. The molecular weight excluding hydrogens is 437 g/mol. The number of amides is 1. The molecule has 166 valence electrons. The van der Waals surface area contributed by atoms with Crippen molar-refractivity contribution in [2.45, 2.75) is 33.7 Å². The summed E-state index contributed by atoms with van der Waals surface area (Å²) >= 11 is 1.33. The molecule has 2 aliphatic heterocycles. The summed E-state index contributed by atoms with van der Waals surface area (Å²) in [7, 11) is 0. The number of carbonyl (C=O) groups is 1. The number of aliphatic imine (C=N–C) groups is 1. The molecule has 3 aromatic rings. The zero-order valence-corrected chi connectivity index (χ0v) is 19.3. The molecular formula is C25H22FN5OS. The van der Waals surface area contributed by atoms with Crippen LogP contribution < -0.4 is 0 Å². The molecule has 6 nitrogen and oxygen atoms in total. The first-order valence-electron chi connectivity index (χ1n) is 10.7. The van der Waals surface area contributed by atoms with Crippen molar-refractivity contribution in [1.29, 1.82) is 5.41 Å². The van der Waals surface area contributed by atoms with E-state index in [0.29, 0.717) is 11.7 Å². The van der Waals surface area contributed by atoms with Gasteiger partial charge in [0.15, 0.2) is 5.84 Å². The maximum atomic E-state index is 13.4. The van der Waals surface area contributed by atoms with Crippen LogP contribution in [0.25, 0.3) is 17.0 Å². The van der Waals surface area contributed by atoms with Crippen LogP contribution in [0.4, 0.5) is 4.39 Å². The maximum absolute atomic E-state index is 13.4. The Kier molecular flexibility index (Phi) is 5.25. The molecule has 0 radical (unpaired) electrons. The Morgan fingerprint density at radius 3 is 2.64 bits per heavy atom. The fourth-order valence-electron chi connectivity index (χ4n) is 4.10. The SMILES string of the molecule is CCC1=NN2C(=N)/C(=C\c3c(C)n(Cc4ccc(F)cc4)c4ccc(C)cc34)C(=O)N=C2S1. The average Bonchev–Trinajstić information content (AvgIpc) is 3.32. The lowest BCUT2D eigenvalue weighted by molar-refractivity contribution is -0.114. The van der Waals surface area contributed by atoms with E-state index in [1.165, 1.54) is 28.9 Å². The first-order valence-corrected chi connectivity index (χ1v) is 11.5. The van der Waals surface area contributed by atoms with Gasteiger partial charge in [0.05, 0.1) is 5.57 Å². The van der Waals surface area contributed by atoms with E-state index in [1.54, 1.807) is 18.2 Å². The Morgan fingerprint density at radius 1 is 1.15 bits per heavy atom. The van der Waals surface area contributed by atoms with E-state index in [9.17, 15) is 9.18 Å². The highest BCUT2D eigenvalue weighted by atomic mass is 32.2. The van der Waals surface area contributed by atoms with Gasteiger partial charge in [-0.15, -0.1) is 0 Å². The Hall–Kier alpha value is -3.52. The lowest BCUT2D eigenvalue weighted by atomic mass is 10.0. The van der Waals surface area contributed by atoms with Crippen LogP contribution in [0.15, 0.2) is 58.1 Å². The monoisotopic (exact) mass is 459 g/mol. The Balaban J connectivity index is 1.63. The van der Waals surface area contributed by atoms with E-state index < -0.39 is 5.91 Å². The number of aryl methyl sites for hydroxylation is 1. The molecule has 0 aliphatic carbocycles. The van der Waals surface area contributed by atoms with Gasteiger partial charge in [0.25, 0.3) is 5.91 Å². The summed E-state index contributed by atoms with van der Waals surface area (Å²) in [4.78, 5) is 17.0. The second-order valence-corrected chi connectivity index (χ2v) is 9.14. The summed E-state index contributed by atoms with van der Waals surface area (Å²) in [6.45, 7) is 6.57. The van der Waals surface area contributed by atoms with Gasteiger partial charge in [0.2, 0.25) is 5.17 Å². The largest absolute Gasteiger partial charge is 0.340 e. The molecule has 0 fully saturated rings. The highest BCUT2D eigenvalue weighted by molar-refractivity contribution is 8.26. The van der Waals surface area contributed by atoms with Crippen molar-refractivity contribution in [2.75, 3.05) is 0 Å². The summed E-state index contributed by atoms with van der Waals surface area (Å²) in [6, 6.07) is 12.7. The summed E-state index contributed by atoms with van der Waals surface area (Å²) in [5.74, 6) is -0.665. The number of aromatic nitrogens is 1.